The molecule has 22 heavy (non-hydrogen) atoms. The highest BCUT2D eigenvalue weighted by Gasteiger charge is 2.16. The number of hydrogen-bond acceptors (Lipinski definition) is 5. The number of pyridine rings is 2. The predicted octanol–water partition coefficient (Wildman–Crippen LogP) is 1.74. The Balaban J connectivity index is 1.80. The molecule has 0 aromatic carbocycles. The fourth-order valence-corrected chi connectivity index (χ4v) is 2.86. The Morgan fingerprint density at radius 3 is 2.82 bits per heavy atom. The van der Waals surface area contributed by atoms with Crippen molar-refractivity contribution in [2.45, 2.75) is 6.92 Å². The summed E-state index contributed by atoms with van der Waals surface area (Å²) in [6, 6.07) is 8.17. The fraction of sp³-hybridized carbons (Fsp3) is 0.312. The van der Waals surface area contributed by atoms with Crippen molar-refractivity contribution in [3.05, 3.63) is 36.0 Å². The Hall–Kier alpha value is -2.47. The molecule has 1 fully saturated rings. The monoisotopic (exact) mass is 294 g/mol. The van der Waals surface area contributed by atoms with Crippen LogP contribution in [0.3, 0.4) is 0 Å². The van der Waals surface area contributed by atoms with Gasteiger partial charge in [-0.15, -0.1) is 0 Å². The van der Waals surface area contributed by atoms with Gasteiger partial charge < -0.3 is 10.2 Å². The van der Waals surface area contributed by atoms with E-state index in [0.29, 0.717) is 0 Å². The molecular formula is C16H18N6. The summed E-state index contributed by atoms with van der Waals surface area (Å²) in [5, 5.41) is 11.8. The second kappa shape index (κ2) is 5.38. The first kappa shape index (κ1) is 13.2. The molecule has 3 aromatic rings. The minimum absolute atomic E-state index is 0.797. The van der Waals surface area contributed by atoms with Crippen LogP contribution in [0.1, 0.15) is 5.56 Å². The second-order valence-corrected chi connectivity index (χ2v) is 5.54. The maximum atomic E-state index is 4.88. The van der Waals surface area contributed by atoms with E-state index in [2.05, 4.69) is 44.5 Å². The van der Waals surface area contributed by atoms with Crippen LogP contribution in [0.2, 0.25) is 0 Å². The van der Waals surface area contributed by atoms with Crippen LogP contribution in [-0.2, 0) is 0 Å². The van der Waals surface area contributed by atoms with Gasteiger partial charge >= 0.3 is 0 Å². The summed E-state index contributed by atoms with van der Waals surface area (Å²) in [5.41, 5.74) is 3.72. The number of nitrogens with zero attached hydrogens (tertiary/aromatic N) is 4. The number of H-pyrrole nitrogens is 1. The van der Waals surface area contributed by atoms with E-state index in [4.69, 9.17) is 4.98 Å². The van der Waals surface area contributed by atoms with E-state index in [9.17, 15) is 0 Å². The van der Waals surface area contributed by atoms with E-state index in [-0.39, 0.29) is 0 Å². The first-order valence-corrected chi connectivity index (χ1v) is 7.56. The highest BCUT2D eigenvalue weighted by molar-refractivity contribution is 5.90. The normalized spacial score (nSPS) is 15.4. The molecule has 1 aliphatic heterocycles. The Morgan fingerprint density at radius 2 is 1.95 bits per heavy atom. The third kappa shape index (κ3) is 2.21. The molecule has 4 heterocycles. The second-order valence-electron chi connectivity index (χ2n) is 5.54. The molecule has 0 unspecified atom stereocenters. The van der Waals surface area contributed by atoms with E-state index in [1.807, 2.05) is 12.1 Å². The van der Waals surface area contributed by atoms with Crippen LogP contribution in [0.4, 0.5) is 5.82 Å². The number of hydrogen-bond donors (Lipinski definition) is 2. The van der Waals surface area contributed by atoms with Gasteiger partial charge in [-0.2, -0.15) is 5.10 Å². The Bertz CT molecular complexity index is 803. The average molecular weight is 294 g/mol. The van der Waals surface area contributed by atoms with Gasteiger partial charge in [0.15, 0.2) is 5.65 Å². The fourth-order valence-electron chi connectivity index (χ4n) is 2.86. The van der Waals surface area contributed by atoms with Crippen molar-refractivity contribution >= 4 is 16.9 Å². The molecule has 1 saturated heterocycles. The van der Waals surface area contributed by atoms with Gasteiger partial charge in [-0.3, -0.25) is 5.10 Å². The molecular weight excluding hydrogens is 276 g/mol. The number of fused-ring (bicyclic) bond motifs is 1. The maximum Gasteiger partial charge on any atom is 0.155 e. The molecule has 0 atom stereocenters. The molecule has 0 bridgehead atoms. The minimum Gasteiger partial charge on any atom is -0.354 e. The molecule has 0 saturated carbocycles. The van der Waals surface area contributed by atoms with E-state index in [1.165, 1.54) is 0 Å². The van der Waals surface area contributed by atoms with Crippen LogP contribution in [0.15, 0.2) is 30.5 Å². The van der Waals surface area contributed by atoms with Crippen molar-refractivity contribution in [3.63, 3.8) is 0 Å². The van der Waals surface area contributed by atoms with Crippen LogP contribution in [0, 0.1) is 6.92 Å². The highest BCUT2D eigenvalue weighted by Crippen LogP contribution is 2.28. The van der Waals surface area contributed by atoms with E-state index >= 15 is 0 Å². The number of aromatic nitrogens is 4. The Kier molecular flexibility index (Phi) is 3.23. The highest BCUT2D eigenvalue weighted by atomic mass is 15.2. The van der Waals surface area contributed by atoms with Gasteiger partial charge in [0, 0.05) is 37.8 Å². The third-order valence-electron chi connectivity index (χ3n) is 4.08. The van der Waals surface area contributed by atoms with Gasteiger partial charge in [0.1, 0.15) is 11.5 Å². The summed E-state index contributed by atoms with van der Waals surface area (Å²) < 4.78 is 0. The summed E-state index contributed by atoms with van der Waals surface area (Å²) in [6.45, 7) is 6.04. The van der Waals surface area contributed by atoms with Crippen molar-refractivity contribution in [3.8, 4) is 11.4 Å². The van der Waals surface area contributed by atoms with Crippen molar-refractivity contribution in [2.75, 3.05) is 31.1 Å². The molecule has 3 aromatic heterocycles. The zero-order valence-corrected chi connectivity index (χ0v) is 12.5. The predicted molar refractivity (Wildman–Crippen MR) is 86.9 cm³/mol. The van der Waals surface area contributed by atoms with Crippen LogP contribution in [0.5, 0.6) is 0 Å². The lowest BCUT2D eigenvalue weighted by Crippen LogP contribution is -2.43. The van der Waals surface area contributed by atoms with Crippen LogP contribution in [-0.4, -0.2) is 46.3 Å². The molecule has 1 aliphatic rings. The van der Waals surface area contributed by atoms with Gasteiger partial charge in [0.05, 0.1) is 5.69 Å². The Labute approximate surface area is 128 Å². The summed E-state index contributed by atoms with van der Waals surface area (Å²) >= 11 is 0. The molecule has 2 N–H and O–H groups in total. The first-order chi connectivity index (χ1) is 10.8. The van der Waals surface area contributed by atoms with Gasteiger partial charge in [-0.1, -0.05) is 6.07 Å². The van der Waals surface area contributed by atoms with Crippen LogP contribution < -0.4 is 10.2 Å². The van der Waals surface area contributed by atoms with Crippen molar-refractivity contribution in [1.29, 1.82) is 0 Å². The quantitative estimate of drug-likeness (QED) is 0.753. The molecule has 6 nitrogen and oxygen atoms in total. The maximum absolute atomic E-state index is 4.88. The molecule has 6 heteroatoms. The minimum atomic E-state index is 0.797. The SMILES string of the molecule is Cc1ccc(N2CCNCC2)nc1-c1n[nH]c2ncccc12. The lowest BCUT2D eigenvalue weighted by atomic mass is 10.1. The van der Waals surface area contributed by atoms with E-state index < -0.39 is 0 Å². The third-order valence-corrected chi connectivity index (χ3v) is 4.08. The van der Waals surface area contributed by atoms with Gasteiger partial charge in [-0.05, 0) is 30.7 Å². The number of aryl methyl sites for hydroxylation is 1. The summed E-state index contributed by atoms with van der Waals surface area (Å²) in [6.07, 6.45) is 1.77. The number of nitrogens with one attached hydrogen (secondary N) is 2. The molecule has 0 radical (unpaired) electrons. The topological polar surface area (TPSA) is 69.7 Å². The molecule has 4 rings (SSSR count). The Morgan fingerprint density at radius 1 is 1.09 bits per heavy atom. The van der Waals surface area contributed by atoms with Gasteiger partial charge in [-0.25, -0.2) is 9.97 Å². The number of rotatable bonds is 2. The summed E-state index contributed by atoms with van der Waals surface area (Å²) in [7, 11) is 0. The lowest BCUT2D eigenvalue weighted by Gasteiger charge is -2.28. The average Bonchev–Trinajstić information content (AvgIpc) is 3.00. The molecule has 0 aliphatic carbocycles. The molecule has 0 spiro atoms. The zero-order chi connectivity index (χ0) is 14.9. The van der Waals surface area contributed by atoms with Crippen LogP contribution in [0.25, 0.3) is 22.4 Å². The smallest absolute Gasteiger partial charge is 0.155 e. The standard InChI is InChI=1S/C16H18N6/c1-11-4-5-13(22-9-7-17-8-10-22)19-14(11)15-12-3-2-6-18-16(12)21-20-15/h2-6,17H,7-10H2,1H3,(H,18,20,21). The first-order valence-electron chi connectivity index (χ1n) is 7.56. The molecule has 112 valence electrons. The number of piperazine rings is 1. The lowest BCUT2D eigenvalue weighted by molar-refractivity contribution is 0.585. The van der Waals surface area contributed by atoms with Crippen molar-refractivity contribution < 1.29 is 0 Å². The van der Waals surface area contributed by atoms with E-state index in [1.54, 1.807) is 6.20 Å². The van der Waals surface area contributed by atoms with Crippen molar-refractivity contribution in [1.82, 2.24) is 25.5 Å². The largest absolute Gasteiger partial charge is 0.354 e. The summed E-state index contributed by atoms with van der Waals surface area (Å²) in [4.78, 5) is 11.5. The molecule has 0 amide bonds. The number of aromatic amines is 1. The van der Waals surface area contributed by atoms with Gasteiger partial charge in [0.25, 0.3) is 0 Å². The van der Waals surface area contributed by atoms with Crippen molar-refractivity contribution in [2.24, 2.45) is 0 Å². The summed E-state index contributed by atoms with van der Waals surface area (Å²) in [5.74, 6) is 1.02. The van der Waals surface area contributed by atoms with Gasteiger partial charge in [0.2, 0.25) is 0 Å². The van der Waals surface area contributed by atoms with Crippen LogP contribution >= 0.6 is 0 Å². The zero-order valence-electron chi connectivity index (χ0n) is 12.5. The number of anilines is 1. The van der Waals surface area contributed by atoms with E-state index in [0.717, 1.165) is 60.0 Å².